The molecule has 0 aliphatic rings. The Morgan fingerprint density at radius 1 is 0.949 bits per heavy atom. The second kappa shape index (κ2) is 13.0. The van der Waals surface area contributed by atoms with E-state index in [4.69, 9.17) is 25.8 Å². The lowest BCUT2D eigenvalue weighted by atomic mass is 9.94. The van der Waals surface area contributed by atoms with Crippen LogP contribution < -0.4 is 10.1 Å². The van der Waals surface area contributed by atoms with Crippen molar-refractivity contribution in [2.24, 2.45) is 0 Å². The molecule has 0 amide bonds. The van der Waals surface area contributed by atoms with Crippen molar-refractivity contribution in [2.45, 2.75) is 45.1 Å². The van der Waals surface area contributed by atoms with E-state index < -0.39 is 35.8 Å². The van der Waals surface area contributed by atoms with E-state index in [-0.39, 0.29) is 18.5 Å². The lowest BCUT2D eigenvalue weighted by molar-refractivity contribution is -0.150. The summed E-state index contributed by atoms with van der Waals surface area (Å²) in [6.07, 6.45) is -5.14. The predicted molar refractivity (Wildman–Crippen MR) is 141 cm³/mol. The fourth-order valence-corrected chi connectivity index (χ4v) is 4.04. The zero-order valence-electron chi connectivity index (χ0n) is 21.9. The third kappa shape index (κ3) is 7.97. The molecule has 39 heavy (non-hydrogen) atoms. The first-order valence-corrected chi connectivity index (χ1v) is 12.4. The average Bonchev–Trinajstić information content (AvgIpc) is 2.91. The molecule has 0 fully saturated rings. The topological polar surface area (TPSA) is 73.9 Å². The van der Waals surface area contributed by atoms with E-state index in [9.17, 15) is 22.8 Å². The van der Waals surface area contributed by atoms with Gasteiger partial charge in [0.2, 0.25) is 0 Å². The number of benzene rings is 3. The zero-order valence-corrected chi connectivity index (χ0v) is 22.7. The molecule has 0 saturated carbocycles. The minimum atomic E-state index is -4.57. The van der Waals surface area contributed by atoms with Gasteiger partial charge in [-0.3, -0.25) is 9.59 Å². The van der Waals surface area contributed by atoms with Gasteiger partial charge in [0.25, 0.3) is 0 Å². The van der Waals surface area contributed by atoms with Gasteiger partial charge < -0.3 is 19.5 Å². The normalized spacial score (nSPS) is 12.9. The molecule has 10 heteroatoms. The third-order valence-corrected chi connectivity index (χ3v) is 6.40. The summed E-state index contributed by atoms with van der Waals surface area (Å²) in [5, 5.41) is 3.52. The number of halogens is 4. The lowest BCUT2D eigenvalue weighted by Crippen LogP contribution is -2.35. The van der Waals surface area contributed by atoms with Gasteiger partial charge in [0.1, 0.15) is 17.9 Å². The Morgan fingerprint density at radius 2 is 1.64 bits per heavy atom. The van der Waals surface area contributed by atoms with Gasteiger partial charge in [-0.05, 0) is 72.5 Å². The van der Waals surface area contributed by atoms with Gasteiger partial charge in [-0.25, -0.2) is 0 Å². The van der Waals surface area contributed by atoms with Crippen LogP contribution in [0.15, 0.2) is 60.7 Å². The average molecular weight is 564 g/mol. The van der Waals surface area contributed by atoms with E-state index >= 15 is 0 Å². The van der Waals surface area contributed by atoms with Gasteiger partial charge in [-0.1, -0.05) is 35.9 Å². The first-order chi connectivity index (χ1) is 18.4. The Morgan fingerprint density at radius 3 is 2.26 bits per heavy atom. The van der Waals surface area contributed by atoms with Crippen LogP contribution in [-0.2, 0) is 38.2 Å². The first kappa shape index (κ1) is 30.0. The molecule has 0 saturated heterocycles. The minimum Gasteiger partial charge on any atom is -0.496 e. The summed E-state index contributed by atoms with van der Waals surface area (Å²) >= 11 is 5.91. The van der Waals surface area contributed by atoms with Gasteiger partial charge in [0.15, 0.2) is 0 Å². The predicted octanol–water partition coefficient (Wildman–Crippen LogP) is 6.53. The molecule has 2 atom stereocenters. The Kier molecular flexibility index (Phi) is 9.99. The number of hydrogen-bond donors (Lipinski definition) is 1. The van der Waals surface area contributed by atoms with Crippen LogP contribution in [0, 0.1) is 0 Å². The van der Waals surface area contributed by atoms with Crippen molar-refractivity contribution in [1.82, 2.24) is 5.32 Å². The van der Waals surface area contributed by atoms with E-state index in [0.717, 1.165) is 17.7 Å². The molecular weight excluding hydrogens is 535 g/mol. The van der Waals surface area contributed by atoms with E-state index in [1.54, 1.807) is 56.3 Å². The fraction of sp³-hybridized carbons (Fsp3) is 0.310. The largest absolute Gasteiger partial charge is 0.496 e. The van der Waals surface area contributed by atoms with Gasteiger partial charge >= 0.3 is 18.1 Å². The van der Waals surface area contributed by atoms with Crippen LogP contribution >= 0.6 is 11.6 Å². The number of methoxy groups -OCH3 is 2. The van der Waals surface area contributed by atoms with Crippen molar-refractivity contribution in [1.29, 1.82) is 0 Å². The molecule has 0 radical (unpaired) electrons. The van der Waals surface area contributed by atoms with Crippen molar-refractivity contribution < 1.29 is 37.0 Å². The third-order valence-electron chi connectivity index (χ3n) is 6.15. The van der Waals surface area contributed by atoms with Crippen molar-refractivity contribution in [3.05, 3.63) is 87.9 Å². The number of alkyl halides is 3. The lowest BCUT2D eigenvalue weighted by Gasteiger charge is -2.20. The molecular formula is C29H29ClF3NO5. The molecule has 3 rings (SSSR count). The van der Waals surface area contributed by atoms with Crippen LogP contribution in [-0.4, -0.2) is 32.2 Å². The maximum Gasteiger partial charge on any atom is 0.416 e. The summed E-state index contributed by atoms with van der Waals surface area (Å²) in [6, 6.07) is 14.4. The molecule has 0 bridgehead atoms. The summed E-state index contributed by atoms with van der Waals surface area (Å²) in [7, 11) is 2.72. The Bertz CT molecular complexity index is 1310. The summed E-state index contributed by atoms with van der Waals surface area (Å²) in [5.74, 6) is -0.613. The van der Waals surface area contributed by atoms with E-state index in [2.05, 4.69) is 5.32 Å². The molecule has 0 heterocycles. The highest BCUT2D eigenvalue weighted by molar-refractivity contribution is 6.30. The Balaban J connectivity index is 1.87. The highest BCUT2D eigenvalue weighted by atomic mass is 35.5. The smallest absolute Gasteiger partial charge is 0.416 e. The van der Waals surface area contributed by atoms with Gasteiger partial charge in [0.05, 0.1) is 26.2 Å². The van der Waals surface area contributed by atoms with Gasteiger partial charge in [0, 0.05) is 17.1 Å². The van der Waals surface area contributed by atoms with Crippen LogP contribution in [0.3, 0.4) is 0 Å². The fourth-order valence-electron chi connectivity index (χ4n) is 3.92. The monoisotopic (exact) mass is 563 g/mol. The maximum absolute atomic E-state index is 13.6. The SMILES string of the molecule is COC(=O)Cc1ccc(OC)c(-c2ccc(C(F)(F)F)cc2CNC(C)C(=O)OC(C)c2ccc(Cl)cc2)c1. The molecule has 0 aromatic heterocycles. The molecule has 1 N–H and O–H groups in total. The molecule has 0 aliphatic heterocycles. The van der Waals surface area contributed by atoms with Gasteiger partial charge in [-0.15, -0.1) is 0 Å². The minimum absolute atomic E-state index is 0.0175. The van der Waals surface area contributed by atoms with Crippen LogP contribution in [0.5, 0.6) is 5.75 Å². The van der Waals surface area contributed by atoms with Crippen molar-refractivity contribution in [3.63, 3.8) is 0 Å². The van der Waals surface area contributed by atoms with E-state index in [1.165, 1.54) is 20.3 Å². The summed E-state index contributed by atoms with van der Waals surface area (Å²) < 4.78 is 56.4. The number of carbonyl (C=O) groups is 2. The number of hydrogen-bond acceptors (Lipinski definition) is 6. The molecule has 6 nitrogen and oxygen atoms in total. The molecule has 0 spiro atoms. The van der Waals surface area contributed by atoms with Crippen LogP contribution in [0.2, 0.25) is 5.02 Å². The molecule has 0 aliphatic carbocycles. The second-order valence-electron chi connectivity index (χ2n) is 8.89. The van der Waals surface area contributed by atoms with Crippen LogP contribution in [0.4, 0.5) is 13.2 Å². The molecule has 3 aromatic carbocycles. The van der Waals surface area contributed by atoms with Gasteiger partial charge in [-0.2, -0.15) is 13.2 Å². The summed E-state index contributed by atoms with van der Waals surface area (Å²) in [4.78, 5) is 24.5. The van der Waals surface area contributed by atoms with Crippen molar-refractivity contribution in [3.8, 4) is 16.9 Å². The highest BCUT2D eigenvalue weighted by Crippen LogP contribution is 2.37. The summed E-state index contributed by atoms with van der Waals surface area (Å²) in [6.45, 7) is 3.21. The van der Waals surface area contributed by atoms with Crippen LogP contribution in [0.25, 0.3) is 11.1 Å². The molecule has 2 unspecified atom stereocenters. The first-order valence-electron chi connectivity index (χ1n) is 12.1. The Labute approximate surface area is 230 Å². The molecule has 208 valence electrons. The summed E-state index contributed by atoms with van der Waals surface area (Å²) in [5.41, 5.74) is 1.75. The van der Waals surface area contributed by atoms with E-state index in [1.807, 2.05) is 0 Å². The number of carbonyl (C=O) groups excluding carboxylic acids is 2. The number of rotatable bonds is 10. The number of ether oxygens (including phenoxy) is 3. The zero-order chi connectivity index (χ0) is 28.7. The van der Waals surface area contributed by atoms with Crippen LogP contribution in [0.1, 0.15) is 42.2 Å². The second-order valence-corrected chi connectivity index (χ2v) is 9.33. The highest BCUT2D eigenvalue weighted by Gasteiger charge is 2.31. The van der Waals surface area contributed by atoms with Crippen molar-refractivity contribution in [2.75, 3.05) is 14.2 Å². The number of nitrogens with one attached hydrogen (secondary N) is 1. The molecule has 3 aromatic rings. The quantitative estimate of drug-likeness (QED) is 0.283. The standard InChI is InChI=1S/C29H29ClF3NO5/c1-17(28(36)39-18(2)20-6-9-23(30)10-7-20)34-16-21-15-22(29(31,32)33)8-11-24(21)25-13-19(14-27(35)38-4)5-12-26(25)37-3/h5-13,15,17-18,34H,14,16H2,1-4H3. The van der Waals surface area contributed by atoms with E-state index in [0.29, 0.717) is 27.5 Å². The maximum atomic E-state index is 13.6. The Hall–Kier alpha value is -3.56. The number of esters is 2. The van der Waals surface area contributed by atoms with Crippen molar-refractivity contribution >= 4 is 23.5 Å².